The highest BCUT2D eigenvalue weighted by Gasteiger charge is 2.23. The number of rotatable bonds is 3. The average molecular weight is 236 g/mol. The summed E-state index contributed by atoms with van der Waals surface area (Å²) >= 11 is 1.13. The van der Waals surface area contributed by atoms with Crippen molar-refractivity contribution in [1.82, 2.24) is 0 Å². The zero-order chi connectivity index (χ0) is 11.7. The predicted molar refractivity (Wildman–Crippen MR) is 60.3 cm³/mol. The summed E-state index contributed by atoms with van der Waals surface area (Å²) in [5.41, 5.74) is 0. The smallest absolute Gasteiger partial charge is 0.378 e. The summed E-state index contributed by atoms with van der Waals surface area (Å²) in [4.78, 5) is 22.2. The van der Waals surface area contributed by atoms with E-state index in [0.29, 0.717) is 5.75 Å². The van der Waals surface area contributed by atoms with Gasteiger partial charge in [0, 0.05) is 10.1 Å². The Balaban J connectivity index is 2.70. The number of fused-ring (bicyclic) bond motifs is 1. The standard InChI is InChI=1S/C11H8O4S/c1-15-9-6-4-2-3-5-7(6)16-10(9)8(12)11(13)14/h2-5H,1H3,(H,13,14). The van der Waals surface area contributed by atoms with Crippen LogP contribution in [0.3, 0.4) is 0 Å². The average Bonchev–Trinajstić information content (AvgIpc) is 2.65. The number of hydrogen-bond donors (Lipinski definition) is 1. The van der Waals surface area contributed by atoms with Crippen LogP contribution in [0, 0.1) is 0 Å². The van der Waals surface area contributed by atoms with Gasteiger partial charge >= 0.3 is 5.97 Å². The number of carbonyl (C=O) groups excluding carboxylic acids is 1. The summed E-state index contributed by atoms with van der Waals surface area (Å²) in [5, 5.41) is 9.45. The third-order valence-electron chi connectivity index (χ3n) is 2.15. The molecule has 0 bridgehead atoms. The highest BCUT2D eigenvalue weighted by molar-refractivity contribution is 7.22. The number of Topliss-reactive ketones (excluding diaryl/α,β-unsaturated/α-hetero) is 1. The van der Waals surface area contributed by atoms with Crippen molar-refractivity contribution < 1.29 is 19.4 Å². The van der Waals surface area contributed by atoms with Crippen LogP contribution in [0.15, 0.2) is 24.3 Å². The van der Waals surface area contributed by atoms with E-state index >= 15 is 0 Å². The van der Waals surface area contributed by atoms with Crippen LogP contribution in [0.1, 0.15) is 9.67 Å². The molecule has 0 spiro atoms. The number of ketones is 1. The number of carboxylic acid groups (broad SMARTS) is 1. The maximum absolute atomic E-state index is 11.4. The summed E-state index contributed by atoms with van der Waals surface area (Å²) < 4.78 is 5.93. The molecule has 16 heavy (non-hydrogen) atoms. The van der Waals surface area contributed by atoms with E-state index in [0.717, 1.165) is 21.4 Å². The van der Waals surface area contributed by atoms with Gasteiger partial charge in [-0.05, 0) is 12.1 Å². The molecule has 1 aromatic heterocycles. The van der Waals surface area contributed by atoms with Crippen LogP contribution < -0.4 is 4.74 Å². The number of ether oxygens (including phenoxy) is 1. The molecule has 0 radical (unpaired) electrons. The second kappa shape index (κ2) is 3.94. The molecule has 0 saturated carbocycles. The maximum atomic E-state index is 11.4. The second-order valence-electron chi connectivity index (χ2n) is 3.09. The van der Waals surface area contributed by atoms with Crippen LogP contribution in [-0.4, -0.2) is 24.0 Å². The number of benzene rings is 1. The van der Waals surface area contributed by atoms with Gasteiger partial charge in [-0.25, -0.2) is 4.79 Å². The number of carbonyl (C=O) groups is 2. The molecule has 0 aliphatic carbocycles. The molecule has 0 unspecified atom stereocenters. The molecular formula is C11H8O4S. The Morgan fingerprint density at radius 3 is 2.62 bits per heavy atom. The number of aliphatic carboxylic acids is 1. The minimum absolute atomic E-state index is 0.135. The lowest BCUT2D eigenvalue weighted by atomic mass is 10.2. The molecule has 0 amide bonds. The third kappa shape index (κ3) is 1.55. The van der Waals surface area contributed by atoms with Crippen molar-refractivity contribution >= 4 is 33.2 Å². The normalized spacial score (nSPS) is 10.3. The summed E-state index contributed by atoms with van der Waals surface area (Å²) in [7, 11) is 1.42. The van der Waals surface area contributed by atoms with E-state index in [1.165, 1.54) is 7.11 Å². The molecule has 2 rings (SSSR count). The first kappa shape index (κ1) is 10.6. The molecule has 1 heterocycles. The fourth-order valence-corrected chi connectivity index (χ4v) is 2.57. The van der Waals surface area contributed by atoms with Gasteiger partial charge in [0.25, 0.3) is 5.78 Å². The number of thiophene rings is 1. The van der Waals surface area contributed by atoms with Crippen LogP contribution in [-0.2, 0) is 4.79 Å². The van der Waals surface area contributed by atoms with Crippen molar-refractivity contribution in [3.05, 3.63) is 29.1 Å². The third-order valence-corrected chi connectivity index (χ3v) is 3.31. The summed E-state index contributed by atoms with van der Waals surface area (Å²) in [6, 6.07) is 7.25. The van der Waals surface area contributed by atoms with E-state index < -0.39 is 11.8 Å². The molecular weight excluding hydrogens is 228 g/mol. The van der Waals surface area contributed by atoms with Gasteiger partial charge in [-0.2, -0.15) is 0 Å². The molecule has 0 atom stereocenters. The van der Waals surface area contributed by atoms with Crippen LogP contribution in [0.2, 0.25) is 0 Å². The number of hydrogen-bond acceptors (Lipinski definition) is 4. The number of methoxy groups -OCH3 is 1. The highest BCUT2D eigenvalue weighted by Crippen LogP contribution is 2.37. The molecule has 0 aliphatic heterocycles. The summed E-state index contributed by atoms with van der Waals surface area (Å²) in [6.45, 7) is 0. The van der Waals surface area contributed by atoms with Crippen molar-refractivity contribution in [2.45, 2.75) is 0 Å². The molecule has 1 N–H and O–H groups in total. The quantitative estimate of drug-likeness (QED) is 0.655. The Morgan fingerprint density at radius 1 is 1.31 bits per heavy atom. The first-order chi connectivity index (χ1) is 7.65. The fourth-order valence-electron chi connectivity index (χ4n) is 1.47. The van der Waals surface area contributed by atoms with Gasteiger partial charge in [0.2, 0.25) is 0 Å². The van der Waals surface area contributed by atoms with E-state index in [2.05, 4.69) is 0 Å². The topological polar surface area (TPSA) is 63.6 Å². The van der Waals surface area contributed by atoms with E-state index in [1.807, 2.05) is 18.2 Å². The minimum atomic E-state index is -1.47. The van der Waals surface area contributed by atoms with Gasteiger partial charge in [0.05, 0.1) is 7.11 Å². The highest BCUT2D eigenvalue weighted by atomic mass is 32.1. The molecule has 0 saturated heterocycles. The van der Waals surface area contributed by atoms with E-state index in [1.54, 1.807) is 6.07 Å². The second-order valence-corrected chi connectivity index (χ2v) is 4.15. The summed E-state index contributed by atoms with van der Waals surface area (Å²) in [5.74, 6) is -2.06. The lowest BCUT2D eigenvalue weighted by Gasteiger charge is -1.99. The van der Waals surface area contributed by atoms with E-state index in [-0.39, 0.29) is 4.88 Å². The van der Waals surface area contributed by atoms with Crippen LogP contribution in [0.5, 0.6) is 5.75 Å². The molecule has 4 nitrogen and oxygen atoms in total. The zero-order valence-electron chi connectivity index (χ0n) is 8.39. The van der Waals surface area contributed by atoms with Gasteiger partial charge in [0.1, 0.15) is 10.6 Å². The van der Waals surface area contributed by atoms with Gasteiger partial charge in [-0.1, -0.05) is 12.1 Å². The Morgan fingerprint density at radius 2 is 2.00 bits per heavy atom. The molecule has 1 aromatic carbocycles. The SMILES string of the molecule is COc1c(C(=O)C(=O)O)sc2ccccc12. The monoisotopic (exact) mass is 236 g/mol. The van der Waals surface area contributed by atoms with Gasteiger partial charge in [0.15, 0.2) is 0 Å². The van der Waals surface area contributed by atoms with E-state index in [4.69, 9.17) is 9.84 Å². The first-order valence-electron chi connectivity index (χ1n) is 4.48. The van der Waals surface area contributed by atoms with Crippen molar-refractivity contribution in [2.75, 3.05) is 7.11 Å². The fraction of sp³-hybridized carbons (Fsp3) is 0.0909. The Labute approximate surface area is 95.1 Å². The maximum Gasteiger partial charge on any atom is 0.378 e. The first-order valence-corrected chi connectivity index (χ1v) is 5.30. The van der Waals surface area contributed by atoms with Crippen LogP contribution >= 0.6 is 11.3 Å². The van der Waals surface area contributed by atoms with Crippen LogP contribution in [0.4, 0.5) is 0 Å². The largest absolute Gasteiger partial charge is 0.494 e. The van der Waals surface area contributed by atoms with Crippen molar-refractivity contribution in [2.24, 2.45) is 0 Å². The van der Waals surface area contributed by atoms with Gasteiger partial charge in [-0.15, -0.1) is 11.3 Å². The molecule has 2 aromatic rings. The molecule has 0 aliphatic rings. The minimum Gasteiger partial charge on any atom is -0.494 e. The molecule has 5 heteroatoms. The summed E-state index contributed by atoms with van der Waals surface area (Å²) in [6.07, 6.45) is 0. The Bertz CT molecular complexity index is 570. The molecule has 82 valence electrons. The lowest BCUT2D eigenvalue weighted by Crippen LogP contribution is -2.11. The number of carboxylic acids is 1. The van der Waals surface area contributed by atoms with Crippen LogP contribution in [0.25, 0.3) is 10.1 Å². The zero-order valence-corrected chi connectivity index (χ0v) is 9.21. The van der Waals surface area contributed by atoms with Crippen molar-refractivity contribution in [3.8, 4) is 5.75 Å². The van der Waals surface area contributed by atoms with E-state index in [9.17, 15) is 9.59 Å². The van der Waals surface area contributed by atoms with Crippen molar-refractivity contribution in [3.63, 3.8) is 0 Å². The Hall–Kier alpha value is -1.88. The Kier molecular flexibility index (Phi) is 2.62. The lowest BCUT2D eigenvalue weighted by molar-refractivity contribution is -0.131. The molecule has 0 fully saturated rings. The van der Waals surface area contributed by atoms with Crippen molar-refractivity contribution in [1.29, 1.82) is 0 Å². The predicted octanol–water partition coefficient (Wildman–Crippen LogP) is 2.18. The van der Waals surface area contributed by atoms with Gasteiger partial charge < -0.3 is 9.84 Å². The van der Waals surface area contributed by atoms with Gasteiger partial charge in [-0.3, -0.25) is 4.79 Å².